The van der Waals surface area contributed by atoms with Crippen LogP contribution >= 0.6 is 0 Å². The minimum atomic E-state index is -0.670. The van der Waals surface area contributed by atoms with Crippen molar-refractivity contribution in [2.24, 2.45) is 5.92 Å². The van der Waals surface area contributed by atoms with Crippen LogP contribution in [0.3, 0.4) is 0 Å². The number of rotatable bonds is 6. The number of anilines is 1. The number of aryl methyl sites for hydroxylation is 1. The quantitative estimate of drug-likeness (QED) is 0.780. The van der Waals surface area contributed by atoms with Crippen molar-refractivity contribution >= 4 is 23.3 Å². The minimum absolute atomic E-state index is 0.0340. The van der Waals surface area contributed by atoms with E-state index in [0.29, 0.717) is 16.8 Å². The lowest BCUT2D eigenvalue weighted by atomic mass is 10.0. The monoisotopic (exact) mass is 352 g/mol. The Bertz CT molecular complexity index is 793. The second-order valence-corrected chi connectivity index (χ2v) is 6.68. The van der Waals surface area contributed by atoms with E-state index < -0.39 is 6.04 Å². The maximum absolute atomic E-state index is 12.6. The van der Waals surface area contributed by atoms with Crippen LogP contribution in [0, 0.1) is 12.8 Å². The fraction of sp³-hybridized carbons (Fsp3) is 0.286. The van der Waals surface area contributed by atoms with Crippen LogP contribution in [0.5, 0.6) is 0 Å². The molecule has 5 heteroatoms. The highest BCUT2D eigenvalue weighted by atomic mass is 16.2. The number of carbonyl (C=O) groups is 3. The third kappa shape index (κ3) is 5.02. The van der Waals surface area contributed by atoms with Crippen LogP contribution in [0.1, 0.15) is 47.1 Å². The minimum Gasteiger partial charge on any atom is -0.340 e. The van der Waals surface area contributed by atoms with Gasteiger partial charge in [0.25, 0.3) is 5.91 Å². The molecule has 0 radical (unpaired) electrons. The van der Waals surface area contributed by atoms with Gasteiger partial charge in [0.2, 0.25) is 5.91 Å². The van der Waals surface area contributed by atoms with Gasteiger partial charge in [0.15, 0.2) is 5.78 Å². The summed E-state index contributed by atoms with van der Waals surface area (Å²) in [6.45, 7) is 7.18. The number of hydrogen-bond acceptors (Lipinski definition) is 3. The fourth-order valence-corrected chi connectivity index (χ4v) is 2.47. The third-order valence-corrected chi connectivity index (χ3v) is 4.11. The van der Waals surface area contributed by atoms with E-state index in [1.165, 1.54) is 6.92 Å². The third-order valence-electron chi connectivity index (χ3n) is 4.11. The Kier molecular flexibility index (Phi) is 6.28. The highest BCUT2D eigenvalue weighted by molar-refractivity contribution is 6.01. The molecule has 0 saturated carbocycles. The zero-order valence-corrected chi connectivity index (χ0v) is 15.5. The van der Waals surface area contributed by atoms with Crippen molar-refractivity contribution in [3.8, 4) is 0 Å². The smallest absolute Gasteiger partial charge is 0.251 e. The van der Waals surface area contributed by atoms with E-state index in [9.17, 15) is 14.4 Å². The van der Waals surface area contributed by atoms with E-state index in [1.807, 2.05) is 32.9 Å². The molecule has 0 heterocycles. The summed E-state index contributed by atoms with van der Waals surface area (Å²) in [5, 5.41) is 5.59. The lowest BCUT2D eigenvalue weighted by Crippen LogP contribution is -2.47. The van der Waals surface area contributed by atoms with Crippen LogP contribution in [0.15, 0.2) is 48.5 Å². The van der Waals surface area contributed by atoms with E-state index in [4.69, 9.17) is 0 Å². The molecular formula is C21H24N2O3. The van der Waals surface area contributed by atoms with Gasteiger partial charge in [-0.2, -0.15) is 0 Å². The van der Waals surface area contributed by atoms with Crippen LogP contribution in [-0.2, 0) is 4.79 Å². The van der Waals surface area contributed by atoms with Gasteiger partial charge >= 0.3 is 0 Å². The maximum atomic E-state index is 12.6. The number of nitrogens with one attached hydrogen (secondary N) is 2. The van der Waals surface area contributed by atoms with Crippen molar-refractivity contribution in [2.45, 2.75) is 33.7 Å². The second-order valence-electron chi connectivity index (χ2n) is 6.68. The predicted octanol–water partition coefficient (Wildman–Crippen LogP) is 3.59. The van der Waals surface area contributed by atoms with Gasteiger partial charge in [0.05, 0.1) is 0 Å². The predicted molar refractivity (Wildman–Crippen MR) is 102 cm³/mol. The average molecular weight is 352 g/mol. The highest BCUT2D eigenvalue weighted by Crippen LogP contribution is 2.13. The topological polar surface area (TPSA) is 75.3 Å². The first kappa shape index (κ1) is 19.4. The molecule has 26 heavy (non-hydrogen) atoms. The molecule has 0 spiro atoms. The van der Waals surface area contributed by atoms with Crippen molar-refractivity contribution in [1.29, 1.82) is 0 Å². The molecule has 2 N–H and O–H groups in total. The first-order chi connectivity index (χ1) is 12.3. The SMILES string of the molecule is CC(=O)c1ccc(NC(=O)C(NC(=O)c2ccc(C)cc2)C(C)C)cc1. The summed E-state index contributed by atoms with van der Waals surface area (Å²) < 4.78 is 0. The van der Waals surface area contributed by atoms with Crippen molar-refractivity contribution < 1.29 is 14.4 Å². The number of benzene rings is 2. The summed E-state index contributed by atoms with van der Waals surface area (Å²) in [5.41, 5.74) is 2.74. The lowest BCUT2D eigenvalue weighted by Gasteiger charge is -2.22. The van der Waals surface area contributed by atoms with E-state index >= 15 is 0 Å². The van der Waals surface area contributed by atoms with E-state index in [2.05, 4.69) is 10.6 Å². The molecular weight excluding hydrogens is 328 g/mol. The first-order valence-electron chi connectivity index (χ1n) is 8.57. The van der Waals surface area contributed by atoms with Gasteiger partial charge in [0.1, 0.15) is 6.04 Å². The Morgan fingerprint density at radius 2 is 1.38 bits per heavy atom. The molecule has 0 aromatic heterocycles. The molecule has 0 aliphatic carbocycles. The zero-order chi connectivity index (χ0) is 19.3. The number of Topliss-reactive ketones (excluding diaryl/α,β-unsaturated/α-hetero) is 1. The summed E-state index contributed by atoms with van der Waals surface area (Å²) in [5.74, 6) is -0.698. The van der Waals surface area contributed by atoms with Crippen molar-refractivity contribution in [1.82, 2.24) is 5.32 Å². The van der Waals surface area contributed by atoms with Crippen LogP contribution in [0.4, 0.5) is 5.69 Å². The Balaban J connectivity index is 2.08. The largest absolute Gasteiger partial charge is 0.340 e. The number of carbonyl (C=O) groups excluding carboxylic acids is 3. The summed E-state index contributed by atoms with van der Waals surface area (Å²) >= 11 is 0. The summed E-state index contributed by atoms with van der Waals surface area (Å²) in [6, 6.07) is 13.2. The van der Waals surface area contributed by atoms with Crippen LogP contribution in [-0.4, -0.2) is 23.6 Å². The molecule has 0 aliphatic rings. The van der Waals surface area contributed by atoms with Crippen LogP contribution in [0.25, 0.3) is 0 Å². The van der Waals surface area contributed by atoms with E-state index in [-0.39, 0.29) is 23.5 Å². The maximum Gasteiger partial charge on any atom is 0.251 e. The molecule has 0 fully saturated rings. The normalized spacial score (nSPS) is 11.7. The molecule has 136 valence electrons. The number of amides is 2. The molecule has 2 rings (SSSR count). The Morgan fingerprint density at radius 1 is 0.846 bits per heavy atom. The molecule has 0 bridgehead atoms. The Labute approximate surface area is 153 Å². The van der Waals surface area contributed by atoms with Gasteiger partial charge in [0, 0.05) is 16.8 Å². The first-order valence-corrected chi connectivity index (χ1v) is 8.57. The van der Waals surface area contributed by atoms with Crippen LogP contribution in [0.2, 0.25) is 0 Å². The summed E-state index contributed by atoms with van der Waals surface area (Å²) in [6.07, 6.45) is 0. The van der Waals surface area contributed by atoms with Crippen LogP contribution < -0.4 is 10.6 Å². The molecule has 2 amide bonds. The van der Waals surface area contributed by atoms with Gasteiger partial charge in [-0.05, 0) is 56.2 Å². The summed E-state index contributed by atoms with van der Waals surface area (Å²) in [7, 11) is 0. The Morgan fingerprint density at radius 3 is 1.88 bits per heavy atom. The van der Waals surface area contributed by atoms with Crippen molar-refractivity contribution in [3.63, 3.8) is 0 Å². The van der Waals surface area contributed by atoms with Crippen molar-refractivity contribution in [2.75, 3.05) is 5.32 Å². The highest BCUT2D eigenvalue weighted by Gasteiger charge is 2.24. The molecule has 2 aromatic carbocycles. The average Bonchev–Trinajstić information content (AvgIpc) is 2.60. The van der Waals surface area contributed by atoms with Gasteiger partial charge in [-0.15, -0.1) is 0 Å². The Hall–Kier alpha value is -2.95. The molecule has 1 atom stereocenters. The molecule has 2 aromatic rings. The summed E-state index contributed by atoms with van der Waals surface area (Å²) in [4.78, 5) is 36.3. The second kappa shape index (κ2) is 8.43. The number of ketones is 1. The van der Waals surface area contributed by atoms with Gasteiger partial charge in [-0.3, -0.25) is 14.4 Å². The van der Waals surface area contributed by atoms with Gasteiger partial charge in [-0.1, -0.05) is 31.5 Å². The molecule has 5 nitrogen and oxygen atoms in total. The van der Waals surface area contributed by atoms with E-state index in [0.717, 1.165) is 5.56 Å². The molecule has 0 aliphatic heterocycles. The molecule has 1 unspecified atom stereocenters. The molecule has 0 saturated heterocycles. The fourth-order valence-electron chi connectivity index (χ4n) is 2.47. The number of hydrogen-bond donors (Lipinski definition) is 2. The zero-order valence-electron chi connectivity index (χ0n) is 15.5. The van der Waals surface area contributed by atoms with Crippen molar-refractivity contribution in [3.05, 3.63) is 65.2 Å². The van der Waals surface area contributed by atoms with Gasteiger partial charge in [-0.25, -0.2) is 0 Å². The lowest BCUT2D eigenvalue weighted by molar-refractivity contribution is -0.118. The van der Waals surface area contributed by atoms with E-state index in [1.54, 1.807) is 36.4 Å². The standard InChI is InChI=1S/C21H24N2O3/c1-13(2)19(23-20(25)17-7-5-14(3)6-8-17)21(26)22-18-11-9-16(10-12-18)15(4)24/h5-13,19H,1-4H3,(H,22,26)(H,23,25). The van der Waals surface area contributed by atoms with Gasteiger partial charge < -0.3 is 10.6 Å².